The molecule has 2 N–H and O–H groups in total. The van der Waals surface area contributed by atoms with Gasteiger partial charge in [-0.25, -0.2) is 0 Å². The third-order valence-electron chi connectivity index (χ3n) is 3.08. The van der Waals surface area contributed by atoms with E-state index in [1.54, 1.807) is 23.2 Å². The highest BCUT2D eigenvalue weighted by Crippen LogP contribution is 2.24. The van der Waals surface area contributed by atoms with Gasteiger partial charge in [-0.2, -0.15) is 0 Å². The lowest BCUT2D eigenvalue weighted by molar-refractivity contribution is 0.0986. The van der Waals surface area contributed by atoms with E-state index in [2.05, 4.69) is 4.98 Å². The van der Waals surface area contributed by atoms with Crippen molar-refractivity contribution in [1.82, 2.24) is 4.98 Å². The van der Waals surface area contributed by atoms with Gasteiger partial charge in [0.15, 0.2) is 0 Å². The van der Waals surface area contributed by atoms with Gasteiger partial charge >= 0.3 is 0 Å². The van der Waals surface area contributed by atoms with Crippen molar-refractivity contribution >= 4 is 17.3 Å². The number of nitrogens with two attached hydrogens (primary N) is 1. The van der Waals surface area contributed by atoms with Crippen molar-refractivity contribution in [3.05, 3.63) is 53.9 Å². The van der Waals surface area contributed by atoms with Crippen molar-refractivity contribution in [1.29, 1.82) is 0 Å². The van der Waals surface area contributed by atoms with Crippen LogP contribution in [0.3, 0.4) is 0 Å². The van der Waals surface area contributed by atoms with E-state index in [0.29, 0.717) is 17.8 Å². The van der Waals surface area contributed by atoms with E-state index in [-0.39, 0.29) is 5.91 Å². The number of nitrogen functional groups attached to an aromatic ring is 1. The second-order valence-corrected chi connectivity index (χ2v) is 4.70. The van der Waals surface area contributed by atoms with Crippen molar-refractivity contribution in [2.45, 2.75) is 20.3 Å². The van der Waals surface area contributed by atoms with Crippen LogP contribution in [0.15, 0.2) is 42.6 Å². The van der Waals surface area contributed by atoms with Crippen molar-refractivity contribution in [3.8, 4) is 0 Å². The SMILES string of the molecule is CCCN(C(=O)c1ccc(C)nc1)c1ccccc1N. The van der Waals surface area contributed by atoms with Crippen molar-refractivity contribution in [2.24, 2.45) is 0 Å². The molecular formula is C16H19N3O. The fraction of sp³-hybridized carbons (Fsp3) is 0.250. The van der Waals surface area contributed by atoms with Gasteiger partial charge in [-0.05, 0) is 37.6 Å². The summed E-state index contributed by atoms with van der Waals surface area (Å²) in [6.45, 7) is 4.56. The number of para-hydroxylation sites is 2. The Hall–Kier alpha value is -2.36. The summed E-state index contributed by atoms with van der Waals surface area (Å²) >= 11 is 0. The number of benzene rings is 1. The highest BCUT2D eigenvalue weighted by atomic mass is 16.2. The molecule has 1 amide bonds. The van der Waals surface area contributed by atoms with Crippen LogP contribution < -0.4 is 10.6 Å². The smallest absolute Gasteiger partial charge is 0.259 e. The number of hydrogen-bond donors (Lipinski definition) is 1. The molecule has 2 aromatic rings. The van der Waals surface area contributed by atoms with Gasteiger partial charge < -0.3 is 10.6 Å². The molecule has 4 heteroatoms. The molecule has 0 fully saturated rings. The van der Waals surface area contributed by atoms with E-state index in [9.17, 15) is 4.79 Å². The molecule has 1 heterocycles. The molecular weight excluding hydrogens is 250 g/mol. The maximum atomic E-state index is 12.6. The molecule has 0 saturated carbocycles. The molecule has 0 bridgehead atoms. The maximum absolute atomic E-state index is 12.6. The molecule has 0 aliphatic rings. The Bertz CT molecular complexity index is 593. The Labute approximate surface area is 119 Å². The molecule has 0 spiro atoms. The minimum atomic E-state index is -0.0720. The molecule has 1 aromatic carbocycles. The second kappa shape index (κ2) is 6.19. The molecule has 0 atom stereocenters. The van der Waals surface area contributed by atoms with Gasteiger partial charge in [0.05, 0.1) is 16.9 Å². The maximum Gasteiger partial charge on any atom is 0.259 e. The first-order valence-electron chi connectivity index (χ1n) is 6.72. The molecule has 0 aliphatic carbocycles. The molecule has 1 aromatic heterocycles. The highest BCUT2D eigenvalue weighted by molar-refractivity contribution is 6.07. The molecule has 0 unspecified atom stereocenters. The highest BCUT2D eigenvalue weighted by Gasteiger charge is 2.18. The first kappa shape index (κ1) is 14.1. The van der Waals surface area contributed by atoms with Crippen LogP contribution in [0.25, 0.3) is 0 Å². The molecule has 4 nitrogen and oxygen atoms in total. The number of rotatable bonds is 4. The van der Waals surface area contributed by atoms with Gasteiger partial charge in [-0.3, -0.25) is 9.78 Å². The number of amides is 1. The Morgan fingerprint density at radius 3 is 2.60 bits per heavy atom. The van der Waals surface area contributed by atoms with E-state index in [1.807, 2.05) is 38.1 Å². The zero-order valence-electron chi connectivity index (χ0n) is 11.8. The van der Waals surface area contributed by atoms with E-state index >= 15 is 0 Å². The van der Waals surface area contributed by atoms with Crippen LogP contribution in [0.1, 0.15) is 29.4 Å². The van der Waals surface area contributed by atoms with E-state index < -0.39 is 0 Å². The number of pyridine rings is 1. The fourth-order valence-electron chi connectivity index (χ4n) is 2.04. The summed E-state index contributed by atoms with van der Waals surface area (Å²) in [6.07, 6.45) is 2.47. The number of carbonyl (C=O) groups excluding carboxylic acids is 1. The predicted octanol–water partition coefficient (Wildman–Crippen LogP) is 3.03. The van der Waals surface area contributed by atoms with Crippen LogP contribution >= 0.6 is 0 Å². The number of nitrogens with zero attached hydrogens (tertiary/aromatic N) is 2. The summed E-state index contributed by atoms with van der Waals surface area (Å²) < 4.78 is 0. The minimum absolute atomic E-state index is 0.0720. The zero-order chi connectivity index (χ0) is 14.5. The summed E-state index contributed by atoms with van der Waals surface area (Å²) in [5.74, 6) is -0.0720. The topological polar surface area (TPSA) is 59.2 Å². The number of hydrogen-bond acceptors (Lipinski definition) is 3. The van der Waals surface area contributed by atoms with E-state index in [0.717, 1.165) is 17.8 Å². The van der Waals surface area contributed by atoms with Crippen molar-refractivity contribution in [3.63, 3.8) is 0 Å². The molecule has 0 saturated heterocycles. The molecule has 0 radical (unpaired) electrons. The number of aromatic nitrogens is 1. The third-order valence-corrected chi connectivity index (χ3v) is 3.08. The summed E-state index contributed by atoms with van der Waals surface area (Å²) in [7, 11) is 0. The van der Waals surface area contributed by atoms with E-state index in [4.69, 9.17) is 5.73 Å². The first-order valence-corrected chi connectivity index (χ1v) is 6.72. The van der Waals surface area contributed by atoms with Crippen molar-refractivity contribution < 1.29 is 4.79 Å². The van der Waals surface area contributed by atoms with Gasteiger partial charge in [0.1, 0.15) is 0 Å². The normalized spacial score (nSPS) is 10.3. The van der Waals surface area contributed by atoms with Crippen LogP contribution in [0.4, 0.5) is 11.4 Å². The van der Waals surface area contributed by atoms with Gasteiger partial charge in [0.25, 0.3) is 5.91 Å². The lowest BCUT2D eigenvalue weighted by Gasteiger charge is -2.23. The lowest BCUT2D eigenvalue weighted by atomic mass is 10.2. The average Bonchev–Trinajstić information content (AvgIpc) is 2.46. The summed E-state index contributed by atoms with van der Waals surface area (Å²) in [6, 6.07) is 11.1. The van der Waals surface area contributed by atoms with Crippen LogP contribution in [0, 0.1) is 6.92 Å². The minimum Gasteiger partial charge on any atom is -0.397 e. The van der Waals surface area contributed by atoms with Gasteiger partial charge in [-0.15, -0.1) is 0 Å². The Balaban J connectivity index is 2.36. The second-order valence-electron chi connectivity index (χ2n) is 4.70. The predicted molar refractivity (Wildman–Crippen MR) is 81.8 cm³/mol. The molecule has 2 rings (SSSR count). The third kappa shape index (κ3) is 2.96. The Kier molecular flexibility index (Phi) is 4.35. The summed E-state index contributed by atoms with van der Waals surface area (Å²) in [5, 5.41) is 0. The summed E-state index contributed by atoms with van der Waals surface area (Å²) in [4.78, 5) is 18.5. The van der Waals surface area contributed by atoms with Gasteiger partial charge in [-0.1, -0.05) is 19.1 Å². The zero-order valence-corrected chi connectivity index (χ0v) is 11.8. The molecule has 104 valence electrons. The van der Waals surface area contributed by atoms with Gasteiger partial charge in [0, 0.05) is 18.4 Å². The number of anilines is 2. The fourth-order valence-corrected chi connectivity index (χ4v) is 2.04. The Morgan fingerprint density at radius 2 is 2.00 bits per heavy atom. The van der Waals surface area contributed by atoms with Crippen LogP contribution in [0.5, 0.6) is 0 Å². The average molecular weight is 269 g/mol. The molecule has 0 aliphatic heterocycles. The largest absolute Gasteiger partial charge is 0.397 e. The van der Waals surface area contributed by atoms with Gasteiger partial charge in [0.2, 0.25) is 0 Å². The number of carbonyl (C=O) groups is 1. The lowest BCUT2D eigenvalue weighted by Crippen LogP contribution is -2.32. The monoisotopic (exact) mass is 269 g/mol. The van der Waals surface area contributed by atoms with Crippen LogP contribution in [-0.2, 0) is 0 Å². The quantitative estimate of drug-likeness (QED) is 0.868. The van der Waals surface area contributed by atoms with Crippen molar-refractivity contribution in [2.75, 3.05) is 17.2 Å². The Morgan fingerprint density at radius 1 is 1.25 bits per heavy atom. The van der Waals surface area contributed by atoms with Crippen LogP contribution in [-0.4, -0.2) is 17.4 Å². The number of aryl methyl sites for hydroxylation is 1. The first-order chi connectivity index (χ1) is 9.63. The summed E-state index contributed by atoms with van der Waals surface area (Å²) in [5.41, 5.74) is 8.81. The van der Waals surface area contributed by atoms with Crippen LogP contribution in [0.2, 0.25) is 0 Å². The van der Waals surface area contributed by atoms with E-state index in [1.165, 1.54) is 0 Å². The standard InChI is InChI=1S/C16H19N3O/c1-3-10-19(15-7-5-4-6-14(15)17)16(20)13-9-8-12(2)18-11-13/h4-9,11H,3,10,17H2,1-2H3. The molecule has 20 heavy (non-hydrogen) atoms.